The van der Waals surface area contributed by atoms with Crippen molar-refractivity contribution in [3.05, 3.63) is 23.5 Å². The van der Waals surface area contributed by atoms with Crippen molar-refractivity contribution in [2.75, 3.05) is 46.1 Å². The Kier molecular flexibility index (Phi) is 5.82. The largest absolute Gasteiger partial charge is 0.381 e. The fourth-order valence-electron chi connectivity index (χ4n) is 3.69. The first kappa shape index (κ1) is 18.5. The molecule has 2 saturated heterocycles. The van der Waals surface area contributed by atoms with E-state index < -0.39 is 0 Å². The third-order valence-corrected chi connectivity index (χ3v) is 6.08. The molecule has 27 heavy (non-hydrogen) atoms. The van der Waals surface area contributed by atoms with E-state index in [2.05, 4.69) is 20.3 Å². The first-order valence-corrected chi connectivity index (χ1v) is 10.2. The fourth-order valence-corrected chi connectivity index (χ4v) is 4.46. The van der Waals surface area contributed by atoms with Gasteiger partial charge in [0.1, 0.15) is 10.7 Å². The van der Waals surface area contributed by atoms with Crippen LogP contribution < -0.4 is 5.32 Å². The van der Waals surface area contributed by atoms with Gasteiger partial charge in [-0.2, -0.15) is 5.10 Å². The molecule has 2 aliphatic heterocycles. The molecule has 1 N–H and O–H groups in total. The molecule has 2 aliphatic rings. The van der Waals surface area contributed by atoms with Gasteiger partial charge in [-0.1, -0.05) is 0 Å². The zero-order valence-corrected chi connectivity index (χ0v) is 16.3. The van der Waals surface area contributed by atoms with Crippen LogP contribution in [0.4, 0.5) is 0 Å². The Morgan fingerprint density at radius 3 is 2.93 bits per heavy atom. The van der Waals surface area contributed by atoms with Gasteiger partial charge in [0.2, 0.25) is 0 Å². The SMILES string of the molecule is Cn1cc(-c2nc(C(=O)NCC(C3CCOC3)N3CCOCC3)cs2)cn1. The summed E-state index contributed by atoms with van der Waals surface area (Å²) in [4.78, 5) is 19.5. The zero-order valence-electron chi connectivity index (χ0n) is 15.5. The van der Waals surface area contributed by atoms with E-state index in [1.165, 1.54) is 11.3 Å². The summed E-state index contributed by atoms with van der Waals surface area (Å²) in [7, 11) is 1.86. The van der Waals surface area contributed by atoms with Gasteiger partial charge in [0.05, 0.1) is 26.0 Å². The van der Waals surface area contributed by atoms with E-state index in [0.717, 1.165) is 56.5 Å². The van der Waals surface area contributed by atoms with E-state index in [1.807, 2.05) is 13.2 Å². The van der Waals surface area contributed by atoms with Gasteiger partial charge in [0, 0.05) is 62.4 Å². The van der Waals surface area contributed by atoms with Crippen molar-refractivity contribution in [2.45, 2.75) is 12.5 Å². The standard InChI is InChI=1S/C18H25N5O3S/c1-22-10-14(8-20-22)18-21-15(12-27-18)17(24)19-9-16(13-2-5-26-11-13)23-3-6-25-7-4-23/h8,10,12-13,16H,2-7,9,11H2,1H3,(H,19,24). The topological polar surface area (TPSA) is 81.5 Å². The highest BCUT2D eigenvalue weighted by atomic mass is 32.1. The summed E-state index contributed by atoms with van der Waals surface area (Å²) >= 11 is 1.46. The Hall–Kier alpha value is -1.81. The molecule has 0 spiro atoms. The lowest BCUT2D eigenvalue weighted by atomic mass is 9.97. The molecule has 2 atom stereocenters. The summed E-state index contributed by atoms with van der Waals surface area (Å²) in [6, 6.07) is 0.275. The van der Waals surface area contributed by atoms with E-state index in [1.54, 1.807) is 16.3 Å². The zero-order chi connectivity index (χ0) is 18.6. The van der Waals surface area contributed by atoms with Crippen LogP contribution in [-0.4, -0.2) is 77.7 Å². The molecule has 146 valence electrons. The lowest BCUT2D eigenvalue weighted by Crippen LogP contribution is -2.52. The maximum Gasteiger partial charge on any atom is 0.270 e. The number of rotatable bonds is 6. The average molecular weight is 391 g/mol. The van der Waals surface area contributed by atoms with Gasteiger partial charge >= 0.3 is 0 Å². The number of hydrogen-bond donors (Lipinski definition) is 1. The van der Waals surface area contributed by atoms with Gasteiger partial charge in [-0.25, -0.2) is 4.98 Å². The quantitative estimate of drug-likeness (QED) is 0.792. The molecule has 2 fully saturated rings. The minimum absolute atomic E-state index is 0.126. The van der Waals surface area contributed by atoms with Crippen LogP contribution in [0.25, 0.3) is 10.6 Å². The van der Waals surface area contributed by atoms with Crippen molar-refractivity contribution in [1.29, 1.82) is 0 Å². The first-order valence-electron chi connectivity index (χ1n) is 9.33. The second kappa shape index (κ2) is 8.47. The number of carbonyl (C=O) groups excluding carboxylic acids is 1. The van der Waals surface area contributed by atoms with Crippen molar-refractivity contribution < 1.29 is 14.3 Å². The summed E-state index contributed by atoms with van der Waals surface area (Å²) in [5.74, 6) is 0.323. The summed E-state index contributed by atoms with van der Waals surface area (Å²) in [5.41, 5.74) is 1.39. The molecule has 0 bridgehead atoms. The highest BCUT2D eigenvalue weighted by Gasteiger charge is 2.32. The Labute approximate surface area is 162 Å². The van der Waals surface area contributed by atoms with E-state index in [-0.39, 0.29) is 11.9 Å². The fraction of sp³-hybridized carbons (Fsp3) is 0.611. The van der Waals surface area contributed by atoms with Crippen LogP contribution in [0.1, 0.15) is 16.9 Å². The molecule has 1 amide bonds. The Morgan fingerprint density at radius 2 is 2.22 bits per heavy atom. The molecular weight excluding hydrogens is 366 g/mol. The molecule has 2 aromatic rings. The van der Waals surface area contributed by atoms with Crippen LogP contribution in [0.2, 0.25) is 0 Å². The molecule has 4 heterocycles. The highest BCUT2D eigenvalue weighted by molar-refractivity contribution is 7.13. The molecule has 0 radical (unpaired) electrons. The van der Waals surface area contributed by atoms with E-state index >= 15 is 0 Å². The minimum Gasteiger partial charge on any atom is -0.381 e. The molecule has 4 rings (SSSR count). The number of morpholine rings is 1. The van der Waals surface area contributed by atoms with Crippen LogP contribution in [-0.2, 0) is 16.5 Å². The van der Waals surface area contributed by atoms with E-state index in [4.69, 9.17) is 9.47 Å². The van der Waals surface area contributed by atoms with Gasteiger partial charge in [0.25, 0.3) is 5.91 Å². The maximum absolute atomic E-state index is 12.6. The number of ether oxygens (including phenoxy) is 2. The lowest BCUT2D eigenvalue weighted by molar-refractivity contribution is 0.00165. The van der Waals surface area contributed by atoms with Crippen molar-refractivity contribution >= 4 is 17.2 Å². The summed E-state index contributed by atoms with van der Waals surface area (Å²) in [5, 5.41) is 9.86. The second-order valence-corrected chi connectivity index (χ2v) is 7.85. The van der Waals surface area contributed by atoms with Crippen LogP contribution in [0, 0.1) is 5.92 Å². The van der Waals surface area contributed by atoms with E-state index in [9.17, 15) is 4.79 Å². The summed E-state index contributed by atoms with van der Waals surface area (Å²) in [6.45, 7) is 5.47. The van der Waals surface area contributed by atoms with Crippen LogP contribution in [0.3, 0.4) is 0 Å². The van der Waals surface area contributed by atoms with Gasteiger partial charge in [-0.3, -0.25) is 14.4 Å². The molecule has 8 nitrogen and oxygen atoms in total. The number of hydrogen-bond acceptors (Lipinski definition) is 7. The molecule has 0 aliphatic carbocycles. The molecule has 0 saturated carbocycles. The molecule has 2 unspecified atom stereocenters. The highest BCUT2D eigenvalue weighted by Crippen LogP contribution is 2.24. The van der Waals surface area contributed by atoms with Crippen LogP contribution in [0.15, 0.2) is 17.8 Å². The van der Waals surface area contributed by atoms with Crippen LogP contribution in [0.5, 0.6) is 0 Å². The summed E-state index contributed by atoms with van der Waals surface area (Å²) in [6.07, 6.45) is 4.70. The Bertz CT molecular complexity index is 765. The number of carbonyl (C=O) groups is 1. The average Bonchev–Trinajstić information content (AvgIpc) is 3.44. The third-order valence-electron chi connectivity index (χ3n) is 5.18. The number of aryl methyl sites for hydroxylation is 1. The van der Waals surface area contributed by atoms with Gasteiger partial charge < -0.3 is 14.8 Å². The predicted octanol–water partition coefficient (Wildman–Crippen LogP) is 1.01. The Morgan fingerprint density at radius 1 is 1.37 bits per heavy atom. The van der Waals surface area contributed by atoms with E-state index in [0.29, 0.717) is 18.2 Å². The number of nitrogens with zero attached hydrogens (tertiary/aromatic N) is 4. The van der Waals surface area contributed by atoms with Gasteiger partial charge in [0.15, 0.2) is 0 Å². The lowest BCUT2D eigenvalue weighted by Gasteiger charge is -2.37. The number of thiazole rings is 1. The molecule has 2 aromatic heterocycles. The van der Waals surface area contributed by atoms with Gasteiger partial charge in [-0.15, -0.1) is 11.3 Å². The van der Waals surface area contributed by atoms with Crippen molar-refractivity contribution in [1.82, 2.24) is 25.0 Å². The van der Waals surface area contributed by atoms with Crippen molar-refractivity contribution in [3.63, 3.8) is 0 Å². The first-order chi connectivity index (χ1) is 13.2. The monoisotopic (exact) mass is 391 g/mol. The van der Waals surface area contributed by atoms with Crippen molar-refractivity contribution in [3.8, 4) is 10.6 Å². The Balaban J connectivity index is 1.39. The molecular formula is C18H25N5O3S. The second-order valence-electron chi connectivity index (χ2n) is 6.99. The van der Waals surface area contributed by atoms with Gasteiger partial charge in [-0.05, 0) is 6.42 Å². The molecule has 0 aromatic carbocycles. The third kappa shape index (κ3) is 4.37. The maximum atomic E-state index is 12.6. The predicted molar refractivity (Wildman–Crippen MR) is 102 cm³/mol. The number of nitrogens with one attached hydrogen (secondary N) is 1. The van der Waals surface area contributed by atoms with Crippen LogP contribution >= 0.6 is 11.3 Å². The molecule has 9 heteroatoms. The number of aromatic nitrogens is 3. The minimum atomic E-state index is -0.126. The summed E-state index contributed by atoms with van der Waals surface area (Å²) < 4.78 is 12.8. The smallest absolute Gasteiger partial charge is 0.270 e. The number of amides is 1. The normalized spacial score (nSPS) is 22.0. The van der Waals surface area contributed by atoms with Crippen molar-refractivity contribution in [2.24, 2.45) is 13.0 Å².